The number of carbonyl (C=O) groups excluding carboxylic acids is 1. The minimum atomic E-state index is -0.147. The van der Waals surface area contributed by atoms with E-state index in [4.69, 9.17) is 9.47 Å². The highest BCUT2D eigenvalue weighted by Crippen LogP contribution is 2.33. The lowest BCUT2D eigenvalue weighted by Gasteiger charge is -2.32. The van der Waals surface area contributed by atoms with Crippen LogP contribution in [0.1, 0.15) is 12.8 Å². The smallest absolute Gasteiger partial charge is 0.229 e. The third-order valence-corrected chi connectivity index (χ3v) is 6.48. The second-order valence-electron chi connectivity index (χ2n) is 8.87. The number of carbonyl (C=O) groups is 1. The average Bonchev–Trinajstić information content (AvgIpc) is 3.44. The fourth-order valence-electron chi connectivity index (χ4n) is 4.67. The lowest BCUT2D eigenvalue weighted by atomic mass is 9.97. The number of piperidine rings is 1. The first-order chi connectivity index (χ1) is 17.7. The van der Waals surface area contributed by atoms with E-state index < -0.39 is 0 Å². The molecule has 2 aliphatic heterocycles. The van der Waals surface area contributed by atoms with Crippen LogP contribution in [0.5, 0.6) is 11.5 Å². The standard InChI is InChI=1S/C27H26N6O3/c34-27(29-21-8-9-22-23(17-21)36-16-15-35-22)20-7-4-13-32(18-20)24-10-11-25(31-30-24)33-14-12-28-26(33)19-5-2-1-3-6-19/h1-3,5-6,8-12,14,17,20H,4,7,13,15-16,18H2,(H,29,34). The summed E-state index contributed by atoms with van der Waals surface area (Å²) in [6.07, 6.45) is 5.37. The largest absolute Gasteiger partial charge is 0.486 e. The fourth-order valence-corrected chi connectivity index (χ4v) is 4.67. The number of imidazole rings is 1. The van der Waals surface area contributed by atoms with Crippen LogP contribution < -0.4 is 19.7 Å². The number of benzene rings is 2. The first kappa shape index (κ1) is 22.1. The van der Waals surface area contributed by atoms with Crippen molar-refractivity contribution in [2.45, 2.75) is 12.8 Å². The molecule has 1 fully saturated rings. The number of anilines is 2. The van der Waals surface area contributed by atoms with Crippen molar-refractivity contribution in [1.82, 2.24) is 19.7 Å². The number of aromatic nitrogens is 4. The number of fused-ring (bicyclic) bond motifs is 1. The average molecular weight is 483 g/mol. The van der Waals surface area contributed by atoms with Gasteiger partial charge < -0.3 is 19.7 Å². The van der Waals surface area contributed by atoms with Gasteiger partial charge in [-0.2, -0.15) is 0 Å². The summed E-state index contributed by atoms with van der Waals surface area (Å²) < 4.78 is 13.1. The molecule has 0 saturated carbocycles. The van der Waals surface area contributed by atoms with Crippen molar-refractivity contribution >= 4 is 17.4 Å². The topological polar surface area (TPSA) is 94.4 Å². The maximum atomic E-state index is 13.0. The quantitative estimate of drug-likeness (QED) is 0.460. The Morgan fingerprint density at radius 1 is 0.944 bits per heavy atom. The van der Waals surface area contributed by atoms with Gasteiger partial charge in [0.15, 0.2) is 23.1 Å². The molecule has 2 aromatic heterocycles. The molecular formula is C27H26N6O3. The summed E-state index contributed by atoms with van der Waals surface area (Å²) in [5, 5.41) is 12.0. The number of rotatable bonds is 5. The van der Waals surface area contributed by atoms with Crippen molar-refractivity contribution in [1.29, 1.82) is 0 Å². The molecule has 9 nitrogen and oxygen atoms in total. The van der Waals surface area contributed by atoms with Crippen molar-refractivity contribution in [2.75, 3.05) is 36.5 Å². The molecule has 2 aromatic carbocycles. The van der Waals surface area contributed by atoms with Crippen LogP contribution in [0.25, 0.3) is 17.2 Å². The molecule has 1 unspecified atom stereocenters. The Bertz CT molecular complexity index is 1360. The van der Waals surface area contributed by atoms with E-state index in [9.17, 15) is 4.79 Å². The molecule has 4 heterocycles. The number of nitrogens with one attached hydrogen (secondary N) is 1. The Morgan fingerprint density at radius 2 is 1.75 bits per heavy atom. The van der Waals surface area contributed by atoms with Crippen LogP contribution in [0.2, 0.25) is 0 Å². The Labute approximate surface area is 208 Å². The third-order valence-electron chi connectivity index (χ3n) is 6.48. The molecule has 0 bridgehead atoms. The SMILES string of the molecule is O=C(Nc1ccc2c(c1)OCCO2)C1CCCN(c2ccc(-n3ccnc3-c3ccccc3)nn2)C1. The number of amides is 1. The Hall–Kier alpha value is -4.40. The van der Waals surface area contributed by atoms with Gasteiger partial charge in [-0.25, -0.2) is 4.98 Å². The van der Waals surface area contributed by atoms with Crippen LogP contribution in [0.4, 0.5) is 11.5 Å². The van der Waals surface area contributed by atoms with Crippen LogP contribution in [0.15, 0.2) is 73.1 Å². The summed E-state index contributed by atoms with van der Waals surface area (Å²) in [5.74, 6) is 3.48. The minimum Gasteiger partial charge on any atom is -0.486 e. The lowest BCUT2D eigenvalue weighted by Crippen LogP contribution is -2.41. The maximum Gasteiger partial charge on any atom is 0.229 e. The molecular weight excluding hydrogens is 456 g/mol. The molecule has 36 heavy (non-hydrogen) atoms. The highest BCUT2D eigenvalue weighted by molar-refractivity contribution is 5.93. The second kappa shape index (κ2) is 9.69. The first-order valence-electron chi connectivity index (χ1n) is 12.1. The van der Waals surface area contributed by atoms with E-state index >= 15 is 0 Å². The van der Waals surface area contributed by atoms with Crippen LogP contribution in [0, 0.1) is 5.92 Å². The first-order valence-corrected chi connectivity index (χ1v) is 12.1. The zero-order valence-corrected chi connectivity index (χ0v) is 19.7. The highest BCUT2D eigenvalue weighted by Gasteiger charge is 2.27. The van der Waals surface area contributed by atoms with E-state index in [2.05, 4.69) is 25.4 Å². The van der Waals surface area contributed by atoms with Gasteiger partial charge in [0.05, 0.1) is 5.92 Å². The molecule has 0 aliphatic carbocycles. The van der Waals surface area contributed by atoms with E-state index in [1.807, 2.05) is 71.4 Å². The Balaban J connectivity index is 1.13. The minimum absolute atomic E-state index is 0.00752. The fraction of sp³-hybridized carbons (Fsp3) is 0.259. The van der Waals surface area contributed by atoms with Gasteiger partial charge in [-0.3, -0.25) is 9.36 Å². The summed E-state index contributed by atoms with van der Waals surface area (Å²) in [6, 6.07) is 19.4. The molecule has 1 atom stereocenters. The number of hydrogen-bond donors (Lipinski definition) is 1. The molecule has 0 radical (unpaired) electrons. The zero-order valence-electron chi connectivity index (χ0n) is 19.7. The number of hydrogen-bond acceptors (Lipinski definition) is 7. The van der Waals surface area contributed by atoms with Crippen molar-refractivity contribution < 1.29 is 14.3 Å². The zero-order chi connectivity index (χ0) is 24.3. The number of nitrogens with zero attached hydrogens (tertiary/aromatic N) is 5. The van der Waals surface area contributed by atoms with E-state index in [0.29, 0.717) is 42.8 Å². The summed E-state index contributed by atoms with van der Waals surface area (Å²) in [6.45, 7) is 2.47. The summed E-state index contributed by atoms with van der Waals surface area (Å²) in [7, 11) is 0. The molecule has 1 amide bonds. The summed E-state index contributed by atoms with van der Waals surface area (Å²) in [4.78, 5) is 19.7. The molecule has 9 heteroatoms. The van der Waals surface area contributed by atoms with E-state index in [1.54, 1.807) is 6.20 Å². The molecule has 1 N–H and O–H groups in total. The van der Waals surface area contributed by atoms with Gasteiger partial charge >= 0.3 is 0 Å². The Kier molecular flexibility index (Phi) is 5.95. The van der Waals surface area contributed by atoms with E-state index in [0.717, 1.165) is 36.6 Å². The molecule has 1 saturated heterocycles. The van der Waals surface area contributed by atoms with Crippen molar-refractivity contribution in [3.63, 3.8) is 0 Å². The molecule has 0 spiro atoms. The monoisotopic (exact) mass is 482 g/mol. The maximum absolute atomic E-state index is 13.0. The van der Waals surface area contributed by atoms with Crippen LogP contribution >= 0.6 is 0 Å². The van der Waals surface area contributed by atoms with E-state index in [-0.39, 0.29) is 11.8 Å². The highest BCUT2D eigenvalue weighted by atomic mass is 16.6. The number of ether oxygens (including phenoxy) is 2. The Morgan fingerprint density at radius 3 is 2.58 bits per heavy atom. The van der Waals surface area contributed by atoms with Gasteiger partial charge in [0.25, 0.3) is 0 Å². The molecule has 4 aromatic rings. The van der Waals surface area contributed by atoms with Crippen molar-refractivity contribution in [3.8, 4) is 28.7 Å². The second-order valence-corrected chi connectivity index (χ2v) is 8.87. The van der Waals surface area contributed by atoms with Gasteiger partial charge in [-0.15, -0.1) is 10.2 Å². The van der Waals surface area contributed by atoms with Crippen molar-refractivity contribution in [3.05, 3.63) is 73.1 Å². The molecule has 6 rings (SSSR count). The molecule has 2 aliphatic rings. The lowest BCUT2D eigenvalue weighted by molar-refractivity contribution is -0.120. The van der Waals surface area contributed by atoms with E-state index in [1.165, 1.54) is 0 Å². The van der Waals surface area contributed by atoms with Gasteiger partial charge in [-0.1, -0.05) is 30.3 Å². The summed E-state index contributed by atoms with van der Waals surface area (Å²) >= 11 is 0. The van der Waals surface area contributed by atoms with Gasteiger partial charge in [0.2, 0.25) is 5.91 Å². The van der Waals surface area contributed by atoms with Gasteiger partial charge in [0, 0.05) is 42.8 Å². The van der Waals surface area contributed by atoms with Gasteiger partial charge in [0.1, 0.15) is 19.0 Å². The predicted octanol–water partition coefficient (Wildman–Crippen LogP) is 3.96. The predicted molar refractivity (Wildman–Crippen MR) is 136 cm³/mol. The van der Waals surface area contributed by atoms with Crippen LogP contribution in [0.3, 0.4) is 0 Å². The summed E-state index contributed by atoms with van der Waals surface area (Å²) in [5.41, 5.74) is 1.72. The van der Waals surface area contributed by atoms with Crippen LogP contribution in [-0.2, 0) is 4.79 Å². The van der Waals surface area contributed by atoms with Crippen molar-refractivity contribution in [2.24, 2.45) is 5.92 Å². The normalized spacial score (nSPS) is 17.0. The van der Waals surface area contributed by atoms with Crippen LogP contribution in [-0.4, -0.2) is 52.0 Å². The molecule has 182 valence electrons. The third kappa shape index (κ3) is 4.47. The van der Waals surface area contributed by atoms with Gasteiger partial charge in [-0.05, 0) is 37.1 Å².